The van der Waals surface area contributed by atoms with Gasteiger partial charge in [0, 0.05) is 11.3 Å². The fourth-order valence-corrected chi connectivity index (χ4v) is 5.33. The summed E-state index contributed by atoms with van der Waals surface area (Å²) in [5.74, 6) is -0.117. The monoisotopic (exact) mass is 364 g/mol. The van der Waals surface area contributed by atoms with Gasteiger partial charge < -0.3 is 5.32 Å². The van der Waals surface area contributed by atoms with Crippen LogP contribution in [0.25, 0.3) is 0 Å². The number of anilines is 1. The average Bonchev–Trinajstić information content (AvgIpc) is 3.43. The second-order valence-corrected chi connectivity index (χ2v) is 8.10. The minimum atomic E-state index is -0.429. The van der Waals surface area contributed by atoms with Crippen LogP contribution in [0.5, 0.6) is 0 Å². The van der Waals surface area contributed by atoms with E-state index in [1.807, 2.05) is 0 Å². The summed E-state index contributed by atoms with van der Waals surface area (Å²) in [4.78, 5) is 50.8. The third-order valence-corrected chi connectivity index (χ3v) is 6.61. The summed E-state index contributed by atoms with van der Waals surface area (Å²) < 4.78 is 0. The van der Waals surface area contributed by atoms with E-state index in [1.165, 1.54) is 6.92 Å². The van der Waals surface area contributed by atoms with Gasteiger partial charge in [-0.3, -0.25) is 24.1 Å². The largest absolute Gasteiger partial charge is 0.325 e. The molecule has 0 aromatic heterocycles. The Labute approximate surface area is 156 Å². The van der Waals surface area contributed by atoms with Gasteiger partial charge >= 0.3 is 0 Å². The van der Waals surface area contributed by atoms with E-state index in [9.17, 15) is 19.2 Å². The van der Waals surface area contributed by atoms with Gasteiger partial charge in [0.05, 0.1) is 11.8 Å². The summed E-state index contributed by atoms with van der Waals surface area (Å²) in [6.07, 6.45) is 5.34. The van der Waals surface area contributed by atoms with Gasteiger partial charge in [-0.25, -0.2) is 0 Å². The molecule has 6 heteroatoms. The van der Waals surface area contributed by atoms with Gasteiger partial charge in [0.25, 0.3) is 0 Å². The number of hydrogen-bond acceptors (Lipinski definition) is 4. The zero-order chi connectivity index (χ0) is 18.9. The molecule has 138 valence electrons. The normalized spacial score (nSPS) is 35.1. The van der Waals surface area contributed by atoms with Gasteiger partial charge in [-0.05, 0) is 49.1 Å². The maximum atomic E-state index is 12.9. The van der Waals surface area contributed by atoms with E-state index in [0.29, 0.717) is 23.1 Å². The van der Waals surface area contributed by atoms with Crippen molar-refractivity contribution in [2.45, 2.75) is 13.3 Å². The van der Waals surface area contributed by atoms with Crippen LogP contribution >= 0.6 is 0 Å². The van der Waals surface area contributed by atoms with Crippen LogP contribution < -0.4 is 5.32 Å². The highest BCUT2D eigenvalue weighted by Gasteiger charge is 2.67. The summed E-state index contributed by atoms with van der Waals surface area (Å²) in [7, 11) is 0. The van der Waals surface area contributed by atoms with Crippen LogP contribution in [-0.4, -0.2) is 34.9 Å². The molecule has 2 saturated carbocycles. The van der Waals surface area contributed by atoms with Crippen molar-refractivity contribution in [1.29, 1.82) is 0 Å². The summed E-state index contributed by atoms with van der Waals surface area (Å²) in [6.45, 7) is 1.18. The summed E-state index contributed by atoms with van der Waals surface area (Å²) in [6, 6.07) is 6.62. The molecule has 0 spiro atoms. The minimum absolute atomic E-state index is 0.0957. The zero-order valence-corrected chi connectivity index (χ0v) is 14.9. The second kappa shape index (κ2) is 5.62. The molecule has 2 bridgehead atoms. The first-order valence-corrected chi connectivity index (χ1v) is 9.40. The van der Waals surface area contributed by atoms with E-state index in [-0.39, 0.29) is 47.8 Å². The molecule has 1 saturated heterocycles. The number of likely N-dealkylation sites (tertiary alicyclic amines) is 1. The quantitative estimate of drug-likeness (QED) is 0.502. The van der Waals surface area contributed by atoms with Crippen molar-refractivity contribution in [2.24, 2.45) is 35.5 Å². The lowest BCUT2D eigenvalue weighted by Gasteiger charge is -2.37. The van der Waals surface area contributed by atoms with Crippen LogP contribution in [0, 0.1) is 35.5 Å². The molecule has 1 aromatic carbocycles. The molecular formula is C21H20N2O4. The van der Waals surface area contributed by atoms with Crippen LogP contribution in [-0.2, 0) is 14.4 Å². The lowest BCUT2D eigenvalue weighted by Crippen LogP contribution is -2.40. The number of amides is 3. The summed E-state index contributed by atoms with van der Waals surface area (Å²) >= 11 is 0. The van der Waals surface area contributed by atoms with Crippen LogP contribution in [0.15, 0.2) is 36.4 Å². The first kappa shape index (κ1) is 16.4. The van der Waals surface area contributed by atoms with E-state index < -0.39 is 5.91 Å². The number of allylic oxidation sites excluding steroid dienone is 2. The van der Waals surface area contributed by atoms with Crippen molar-refractivity contribution >= 4 is 29.2 Å². The molecule has 6 rings (SSSR count). The molecule has 1 N–H and O–H groups in total. The van der Waals surface area contributed by atoms with Crippen molar-refractivity contribution in [3.05, 3.63) is 42.0 Å². The Morgan fingerprint density at radius 1 is 1.07 bits per heavy atom. The highest BCUT2D eigenvalue weighted by Crippen LogP contribution is 2.65. The van der Waals surface area contributed by atoms with Gasteiger partial charge in [0.2, 0.25) is 17.7 Å². The van der Waals surface area contributed by atoms with Gasteiger partial charge in [-0.1, -0.05) is 24.3 Å². The highest BCUT2D eigenvalue weighted by molar-refractivity contribution is 6.09. The Kier molecular flexibility index (Phi) is 3.41. The molecule has 27 heavy (non-hydrogen) atoms. The summed E-state index contributed by atoms with van der Waals surface area (Å²) in [5, 5.41) is 2.69. The number of benzene rings is 1. The highest BCUT2D eigenvalue weighted by atomic mass is 16.2. The Balaban J connectivity index is 1.31. The van der Waals surface area contributed by atoms with E-state index in [1.54, 1.807) is 24.3 Å². The number of nitrogens with one attached hydrogen (secondary N) is 1. The fourth-order valence-electron chi connectivity index (χ4n) is 5.33. The van der Waals surface area contributed by atoms with Crippen molar-refractivity contribution in [3.8, 4) is 0 Å². The lowest BCUT2D eigenvalue weighted by molar-refractivity contribution is -0.142. The molecule has 6 atom stereocenters. The number of carbonyl (C=O) groups excluding carboxylic acids is 4. The zero-order valence-electron chi connectivity index (χ0n) is 14.9. The standard InChI is InChI=1S/C21H20N2O4/c1-10(24)11-3-2-4-12(7-11)22-17(25)9-23-20(26)18-13-5-6-14(16-8-15(13)16)19(18)21(23)27/h2-7,13-16,18-19H,8-9H2,1H3,(H,22,25)/t13-,14-,15-,16-,18+,19+/m0/s1. The van der Waals surface area contributed by atoms with Crippen LogP contribution in [0.2, 0.25) is 0 Å². The van der Waals surface area contributed by atoms with Crippen molar-refractivity contribution < 1.29 is 19.2 Å². The number of ketones is 1. The molecule has 6 nitrogen and oxygen atoms in total. The van der Waals surface area contributed by atoms with Gasteiger partial charge in [0.1, 0.15) is 6.54 Å². The van der Waals surface area contributed by atoms with E-state index in [0.717, 1.165) is 11.3 Å². The van der Waals surface area contributed by atoms with Crippen molar-refractivity contribution in [3.63, 3.8) is 0 Å². The van der Waals surface area contributed by atoms with Crippen molar-refractivity contribution in [2.75, 3.05) is 11.9 Å². The fraction of sp³-hybridized carbons (Fsp3) is 0.429. The maximum absolute atomic E-state index is 12.9. The van der Waals surface area contributed by atoms with E-state index in [2.05, 4.69) is 17.5 Å². The molecule has 3 fully saturated rings. The molecule has 0 radical (unpaired) electrons. The lowest BCUT2D eigenvalue weighted by atomic mass is 9.63. The first-order valence-electron chi connectivity index (χ1n) is 9.40. The third-order valence-electron chi connectivity index (χ3n) is 6.61. The molecule has 4 aliphatic carbocycles. The molecule has 5 aliphatic rings. The molecule has 1 heterocycles. The summed E-state index contributed by atoms with van der Waals surface area (Å²) in [5.41, 5.74) is 0.973. The van der Waals surface area contributed by atoms with Crippen LogP contribution in [0.4, 0.5) is 5.69 Å². The number of imide groups is 1. The third kappa shape index (κ3) is 2.39. The number of carbonyl (C=O) groups is 4. The first-order chi connectivity index (χ1) is 13.0. The second-order valence-electron chi connectivity index (χ2n) is 8.10. The number of hydrogen-bond donors (Lipinski definition) is 1. The number of Topliss-reactive ketones (excluding diaryl/α,β-unsaturated/α-hetero) is 1. The molecule has 1 aliphatic heterocycles. The molecule has 3 amide bonds. The van der Waals surface area contributed by atoms with Crippen LogP contribution in [0.3, 0.4) is 0 Å². The van der Waals surface area contributed by atoms with Crippen LogP contribution in [0.1, 0.15) is 23.7 Å². The van der Waals surface area contributed by atoms with Gasteiger partial charge in [0.15, 0.2) is 5.78 Å². The molecular weight excluding hydrogens is 344 g/mol. The topological polar surface area (TPSA) is 83.6 Å². The Hall–Kier alpha value is -2.76. The number of nitrogens with zero attached hydrogens (tertiary/aromatic N) is 1. The predicted octanol–water partition coefficient (Wildman–Crippen LogP) is 1.88. The van der Waals surface area contributed by atoms with Crippen molar-refractivity contribution in [1.82, 2.24) is 4.90 Å². The number of rotatable bonds is 4. The Bertz CT molecular complexity index is 885. The van der Waals surface area contributed by atoms with E-state index >= 15 is 0 Å². The average molecular weight is 364 g/mol. The molecule has 1 aromatic rings. The van der Waals surface area contributed by atoms with Gasteiger partial charge in [-0.2, -0.15) is 0 Å². The Morgan fingerprint density at radius 2 is 1.70 bits per heavy atom. The SMILES string of the molecule is CC(=O)c1cccc(NC(=O)CN2C(=O)[C@@H]3[C@H]4C=C[C@@H]([C@@H]5C[C@@H]45)[C@H]3C2=O)c1. The minimum Gasteiger partial charge on any atom is -0.325 e. The van der Waals surface area contributed by atoms with E-state index in [4.69, 9.17) is 0 Å². The maximum Gasteiger partial charge on any atom is 0.244 e. The molecule has 0 unspecified atom stereocenters. The van der Waals surface area contributed by atoms with Gasteiger partial charge in [-0.15, -0.1) is 0 Å². The Morgan fingerprint density at radius 3 is 2.30 bits per heavy atom. The predicted molar refractivity (Wildman–Crippen MR) is 96.5 cm³/mol. The smallest absolute Gasteiger partial charge is 0.244 e.